The van der Waals surface area contributed by atoms with Crippen LogP contribution in [0.4, 0.5) is 14.5 Å². The van der Waals surface area contributed by atoms with Gasteiger partial charge in [-0.05, 0) is 32.2 Å². The van der Waals surface area contributed by atoms with Gasteiger partial charge in [0, 0.05) is 54.4 Å². The van der Waals surface area contributed by atoms with Gasteiger partial charge in [-0.25, -0.2) is 8.78 Å². The number of amides is 1. The predicted octanol–water partition coefficient (Wildman–Crippen LogP) is 4.96. The van der Waals surface area contributed by atoms with Crippen molar-refractivity contribution in [3.8, 4) is 28.7 Å². The van der Waals surface area contributed by atoms with Crippen LogP contribution in [0.15, 0.2) is 55.0 Å². The van der Waals surface area contributed by atoms with Crippen LogP contribution >= 0.6 is 0 Å². The van der Waals surface area contributed by atoms with Crippen molar-refractivity contribution in [2.75, 3.05) is 39.2 Å². The molecule has 38 heavy (non-hydrogen) atoms. The van der Waals surface area contributed by atoms with E-state index in [1.165, 1.54) is 37.8 Å². The molecule has 0 atom stereocenters. The number of rotatable bonds is 11. The summed E-state index contributed by atoms with van der Waals surface area (Å²) in [4.78, 5) is 20.9. The van der Waals surface area contributed by atoms with E-state index in [0.29, 0.717) is 47.9 Å². The topological polar surface area (TPSA) is 104 Å². The molecule has 1 amide bonds. The first-order valence-electron chi connectivity index (χ1n) is 11.7. The second-order valence-corrected chi connectivity index (χ2v) is 7.91. The molecule has 4 rings (SSSR count). The number of hydrogen-bond acceptors (Lipinski definition) is 8. The number of pyridine rings is 2. The third kappa shape index (κ3) is 5.89. The minimum Gasteiger partial charge on any atom is -0.493 e. The molecule has 0 bridgehead atoms. The number of hydrogen-bond donors (Lipinski definition) is 2. The standard InChI is InChI=1S/C27H26F2N4O5/c1-4-36-22-5-7-31-15-18(22)27(34)33-16-11-19(28)26(20(29)12-16)38-23-6-8-32-21-14-25(37-10-9-30-2)24(35-3)13-17(21)23/h5-8,11-15,30H,4,9-10H2,1-3H3,(H,33,34). The van der Waals surface area contributed by atoms with E-state index in [1.807, 2.05) is 7.05 Å². The van der Waals surface area contributed by atoms with Gasteiger partial charge in [0.2, 0.25) is 0 Å². The Kier molecular flexibility index (Phi) is 8.49. The number of carbonyl (C=O) groups is 1. The molecule has 0 radical (unpaired) electrons. The highest BCUT2D eigenvalue weighted by atomic mass is 19.1. The Hall–Kier alpha value is -4.51. The van der Waals surface area contributed by atoms with E-state index < -0.39 is 23.3 Å². The Morgan fingerprint density at radius 2 is 1.74 bits per heavy atom. The molecule has 198 valence electrons. The molecular formula is C27H26F2N4O5. The van der Waals surface area contributed by atoms with Crippen LogP contribution in [0.3, 0.4) is 0 Å². The second-order valence-electron chi connectivity index (χ2n) is 7.91. The van der Waals surface area contributed by atoms with Gasteiger partial charge in [-0.1, -0.05) is 0 Å². The van der Waals surface area contributed by atoms with Gasteiger partial charge in [0.05, 0.1) is 24.8 Å². The third-order valence-electron chi connectivity index (χ3n) is 5.39. The molecule has 0 saturated heterocycles. The normalized spacial score (nSPS) is 10.8. The lowest BCUT2D eigenvalue weighted by Gasteiger charge is -2.15. The van der Waals surface area contributed by atoms with Crippen LogP contribution in [-0.2, 0) is 0 Å². The summed E-state index contributed by atoms with van der Waals surface area (Å²) in [5, 5.41) is 5.91. The van der Waals surface area contributed by atoms with E-state index in [4.69, 9.17) is 18.9 Å². The number of aromatic nitrogens is 2. The quantitative estimate of drug-likeness (QED) is 0.266. The molecule has 2 aromatic heterocycles. The first-order chi connectivity index (χ1) is 18.4. The van der Waals surface area contributed by atoms with E-state index in [-0.39, 0.29) is 17.0 Å². The Morgan fingerprint density at radius 1 is 0.974 bits per heavy atom. The van der Waals surface area contributed by atoms with Crippen molar-refractivity contribution in [3.05, 3.63) is 72.2 Å². The summed E-state index contributed by atoms with van der Waals surface area (Å²) in [7, 11) is 3.29. The third-order valence-corrected chi connectivity index (χ3v) is 5.39. The number of halogens is 2. The van der Waals surface area contributed by atoms with Gasteiger partial charge in [0.25, 0.3) is 5.91 Å². The van der Waals surface area contributed by atoms with Gasteiger partial charge < -0.3 is 29.6 Å². The number of nitrogens with one attached hydrogen (secondary N) is 2. The molecule has 0 unspecified atom stereocenters. The number of nitrogens with zero attached hydrogens (tertiary/aromatic N) is 2. The summed E-state index contributed by atoms with van der Waals surface area (Å²) in [5.41, 5.74) is 0.504. The molecule has 9 nitrogen and oxygen atoms in total. The average Bonchev–Trinajstić information content (AvgIpc) is 2.91. The Morgan fingerprint density at radius 3 is 2.45 bits per heavy atom. The van der Waals surface area contributed by atoms with Crippen LogP contribution < -0.4 is 29.6 Å². The van der Waals surface area contributed by atoms with Gasteiger partial charge in [0.15, 0.2) is 28.9 Å². The lowest BCUT2D eigenvalue weighted by molar-refractivity contribution is 0.102. The zero-order valence-electron chi connectivity index (χ0n) is 21.0. The molecule has 2 heterocycles. The average molecular weight is 525 g/mol. The molecular weight excluding hydrogens is 498 g/mol. The van der Waals surface area contributed by atoms with Gasteiger partial charge in [-0.15, -0.1) is 0 Å². The maximum Gasteiger partial charge on any atom is 0.261 e. The first kappa shape index (κ1) is 26.6. The molecule has 2 N–H and O–H groups in total. The maximum atomic E-state index is 15.0. The lowest BCUT2D eigenvalue weighted by Crippen LogP contribution is -2.16. The van der Waals surface area contributed by atoms with Crippen molar-refractivity contribution < 1.29 is 32.5 Å². The summed E-state index contributed by atoms with van der Waals surface area (Å²) < 4.78 is 52.2. The summed E-state index contributed by atoms with van der Waals surface area (Å²) >= 11 is 0. The number of methoxy groups -OCH3 is 1. The number of carbonyl (C=O) groups excluding carboxylic acids is 1. The fourth-order valence-electron chi connectivity index (χ4n) is 3.62. The number of ether oxygens (including phenoxy) is 4. The summed E-state index contributed by atoms with van der Waals surface area (Å²) in [6.07, 6.45) is 4.24. The molecule has 11 heteroatoms. The van der Waals surface area contributed by atoms with Crippen molar-refractivity contribution in [2.45, 2.75) is 6.92 Å². The SMILES string of the molecule is CCOc1ccncc1C(=O)Nc1cc(F)c(Oc2ccnc3cc(OCCNC)c(OC)cc23)c(F)c1. The summed E-state index contributed by atoms with van der Waals surface area (Å²) in [6.45, 7) is 3.13. The molecule has 0 spiro atoms. The van der Waals surface area contributed by atoms with Crippen molar-refractivity contribution in [1.82, 2.24) is 15.3 Å². The van der Waals surface area contributed by atoms with Crippen LogP contribution in [0.1, 0.15) is 17.3 Å². The first-order valence-corrected chi connectivity index (χ1v) is 11.7. The Bertz CT molecular complexity index is 1430. The van der Waals surface area contributed by atoms with E-state index >= 15 is 8.78 Å². The largest absolute Gasteiger partial charge is 0.493 e. The fourth-order valence-corrected chi connectivity index (χ4v) is 3.62. The lowest BCUT2D eigenvalue weighted by atomic mass is 10.1. The monoisotopic (exact) mass is 524 g/mol. The summed E-state index contributed by atoms with van der Waals surface area (Å²) in [6, 6.07) is 8.23. The highest BCUT2D eigenvalue weighted by molar-refractivity contribution is 6.06. The second kappa shape index (κ2) is 12.2. The molecule has 0 fully saturated rings. The minimum atomic E-state index is -1.01. The highest BCUT2D eigenvalue weighted by Gasteiger charge is 2.19. The van der Waals surface area contributed by atoms with Crippen LogP contribution in [0, 0.1) is 11.6 Å². The van der Waals surface area contributed by atoms with Crippen molar-refractivity contribution in [2.24, 2.45) is 0 Å². The number of benzene rings is 2. The van der Waals surface area contributed by atoms with Gasteiger partial charge in [0.1, 0.15) is 18.1 Å². The number of likely N-dealkylation sites (N-methyl/N-ethyl adjacent to an activating group) is 1. The van der Waals surface area contributed by atoms with E-state index in [2.05, 4.69) is 20.6 Å². The number of fused-ring (bicyclic) bond motifs is 1. The van der Waals surface area contributed by atoms with E-state index in [0.717, 1.165) is 12.1 Å². The van der Waals surface area contributed by atoms with Gasteiger partial charge in [-0.3, -0.25) is 14.8 Å². The van der Waals surface area contributed by atoms with Crippen LogP contribution in [0.25, 0.3) is 10.9 Å². The molecule has 0 saturated carbocycles. The fraction of sp³-hybridized carbons (Fsp3) is 0.222. The highest BCUT2D eigenvalue weighted by Crippen LogP contribution is 2.38. The minimum absolute atomic E-state index is 0.103. The summed E-state index contributed by atoms with van der Waals surface area (Å²) in [5.74, 6) is -1.96. The van der Waals surface area contributed by atoms with Gasteiger partial charge >= 0.3 is 0 Å². The zero-order chi connectivity index (χ0) is 27.1. The van der Waals surface area contributed by atoms with Crippen molar-refractivity contribution in [1.29, 1.82) is 0 Å². The van der Waals surface area contributed by atoms with E-state index in [1.54, 1.807) is 19.1 Å². The van der Waals surface area contributed by atoms with Crippen LogP contribution in [0.5, 0.6) is 28.7 Å². The smallest absolute Gasteiger partial charge is 0.261 e. The van der Waals surface area contributed by atoms with Gasteiger partial charge in [-0.2, -0.15) is 0 Å². The molecule has 0 aliphatic rings. The van der Waals surface area contributed by atoms with E-state index in [9.17, 15) is 4.79 Å². The van der Waals surface area contributed by atoms with Crippen LogP contribution in [-0.4, -0.2) is 49.8 Å². The molecule has 2 aromatic carbocycles. The Balaban J connectivity index is 1.60. The van der Waals surface area contributed by atoms with Crippen LogP contribution in [0.2, 0.25) is 0 Å². The zero-order valence-corrected chi connectivity index (χ0v) is 21.0. The molecule has 0 aliphatic heterocycles. The number of anilines is 1. The predicted molar refractivity (Wildman–Crippen MR) is 138 cm³/mol. The molecule has 0 aliphatic carbocycles. The Labute approximate surface area is 217 Å². The molecule has 4 aromatic rings. The van der Waals surface area contributed by atoms with Crippen molar-refractivity contribution in [3.63, 3.8) is 0 Å². The maximum absolute atomic E-state index is 15.0. The van der Waals surface area contributed by atoms with Crippen molar-refractivity contribution >= 4 is 22.5 Å².